The molecule has 0 aromatic carbocycles. The van der Waals surface area contributed by atoms with Crippen LogP contribution in [0.5, 0.6) is 5.75 Å². The zero-order valence-corrected chi connectivity index (χ0v) is 19.7. The summed E-state index contributed by atoms with van der Waals surface area (Å²) in [5.74, 6) is 1.71. The molecular formula is C24H27N9O2. The van der Waals surface area contributed by atoms with Gasteiger partial charge in [-0.15, -0.1) is 0 Å². The van der Waals surface area contributed by atoms with Crippen LogP contribution in [0, 0.1) is 6.92 Å². The molecule has 0 saturated carbocycles. The summed E-state index contributed by atoms with van der Waals surface area (Å²) in [7, 11) is 1.90. The smallest absolute Gasteiger partial charge is 0.248 e. The Morgan fingerprint density at radius 1 is 1.23 bits per heavy atom. The molecule has 2 unspecified atom stereocenters. The summed E-state index contributed by atoms with van der Waals surface area (Å²) >= 11 is 0. The molecule has 4 aromatic heterocycles. The highest BCUT2D eigenvalue weighted by Crippen LogP contribution is 2.31. The number of aryl methyl sites for hydroxylation is 2. The number of ether oxygens (including phenoxy) is 1. The Morgan fingerprint density at radius 3 is 2.77 bits per heavy atom. The van der Waals surface area contributed by atoms with Crippen molar-refractivity contribution in [2.24, 2.45) is 7.05 Å². The lowest BCUT2D eigenvalue weighted by molar-refractivity contribution is -0.118. The summed E-state index contributed by atoms with van der Waals surface area (Å²) < 4.78 is 9.60. The number of rotatable bonds is 7. The van der Waals surface area contributed by atoms with Crippen LogP contribution in [-0.2, 0) is 11.8 Å². The summed E-state index contributed by atoms with van der Waals surface area (Å²) in [6, 6.07) is 5.94. The van der Waals surface area contributed by atoms with Crippen LogP contribution in [0.2, 0.25) is 0 Å². The molecule has 2 N–H and O–H groups in total. The van der Waals surface area contributed by atoms with E-state index in [9.17, 15) is 4.79 Å². The van der Waals surface area contributed by atoms with E-state index in [-0.39, 0.29) is 11.9 Å². The number of amides is 1. The highest BCUT2D eigenvalue weighted by atomic mass is 16.5. The summed E-state index contributed by atoms with van der Waals surface area (Å²) in [4.78, 5) is 23.5. The molecule has 2 saturated heterocycles. The Kier molecular flexibility index (Phi) is 5.33. The van der Waals surface area contributed by atoms with Crippen molar-refractivity contribution in [3.63, 3.8) is 0 Å². The van der Waals surface area contributed by atoms with Gasteiger partial charge in [-0.3, -0.25) is 9.48 Å². The Hall–Kier alpha value is -3.99. The van der Waals surface area contributed by atoms with Gasteiger partial charge >= 0.3 is 0 Å². The molecule has 6 heterocycles. The number of aromatic nitrogens is 6. The standard InChI is InChI=1S/C24H27N9O2/c1-15-11-26-24(27-12-15)32-7-5-19(32)23(34)29-21-10-18-9-16(4-8-33(18)30-21)22-20(13-28-31(22)2)35-14-17-3-6-25-17/h4,8-13,17,19,25H,3,5-7,14H2,1-2H3,(H,29,30,34). The normalized spacial score (nSPS) is 19.3. The maximum Gasteiger partial charge on any atom is 0.248 e. The highest BCUT2D eigenvalue weighted by molar-refractivity contribution is 5.97. The molecule has 11 heteroatoms. The van der Waals surface area contributed by atoms with E-state index in [0.29, 0.717) is 24.4 Å². The first-order valence-electron chi connectivity index (χ1n) is 11.8. The van der Waals surface area contributed by atoms with Crippen LogP contribution in [0.4, 0.5) is 11.8 Å². The van der Waals surface area contributed by atoms with Gasteiger partial charge in [0.1, 0.15) is 18.3 Å². The predicted molar refractivity (Wildman–Crippen MR) is 130 cm³/mol. The fourth-order valence-corrected chi connectivity index (χ4v) is 4.38. The van der Waals surface area contributed by atoms with Crippen molar-refractivity contribution < 1.29 is 9.53 Å². The molecule has 6 rings (SSSR count). The van der Waals surface area contributed by atoms with Crippen LogP contribution < -0.4 is 20.3 Å². The Balaban J connectivity index is 1.18. The van der Waals surface area contributed by atoms with Gasteiger partial charge in [-0.05, 0) is 44.0 Å². The van der Waals surface area contributed by atoms with Crippen molar-refractivity contribution in [1.29, 1.82) is 0 Å². The van der Waals surface area contributed by atoms with Gasteiger partial charge in [-0.2, -0.15) is 10.2 Å². The molecule has 0 aliphatic carbocycles. The van der Waals surface area contributed by atoms with Crippen LogP contribution in [0.15, 0.2) is 43.0 Å². The quantitative estimate of drug-likeness (QED) is 0.418. The molecule has 0 bridgehead atoms. The monoisotopic (exact) mass is 473 g/mol. The topological polar surface area (TPSA) is 114 Å². The number of anilines is 2. The van der Waals surface area contributed by atoms with Crippen LogP contribution in [0.25, 0.3) is 16.8 Å². The van der Waals surface area contributed by atoms with E-state index in [2.05, 4.69) is 30.8 Å². The Labute approximate surface area is 202 Å². The zero-order chi connectivity index (χ0) is 23.9. The van der Waals surface area contributed by atoms with Gasteiger partial charge in [0.25, 0.3) is 0 Å². The van der Waals surface area contributed by atoms with E-state index in [4.69, 9.17) is 4.74 Å². The van der Waals surface area contributed by atoms with Gasteiger partial charge < -0.3 is 20.3 Å². The summed E-state index contributed by atoms with van der Waals surface area (Å²) in [5.41, 5.74) is 3.72. The molecule has 35 heavy (non-hydrogen) atoms. The van der Waals surface area contributed by atoms with Gasteiger partial charge in [-0.1, -0.05) is 0 Å². The average molecular weight is 474 g/mol. The lowest BCUT2D eigenvalue weighted by Crippen LogP contribution is -2.55. The van der Waals surface area contributed by atoms with Crippen molar-refractivity contribution in [3.8, 4) is 17.0 Å². The zero-order valence-electron chi connectivity index (χ0n) is 19.7. The van der Waals surface area contributed by atoms with Gasteiger partial charge in [0, 0.05) is 49.9 Å². The predicted octanol–water partition coefficient (Wildman–Crippen LogP) is 1.79. The first-order chi connectivity index (χ1) is 17.0. The summed E-state index contributed by atoms with van der Waals surface area (Å²) in [6.45, 7) is 4.36. The Morgan fingerprint density at radius 2 is 2.06 bits per heavy atom. The van der Waals surface area contributed by atoms with E-state index >= 15 is 0 Å². The number of nitrogens with one attached hydrogen (secondary N) is 2. The largest absolute Gasteiger partial charge is 0.488 e. The number of hydrogen-bond acceptors (Lipinski definition) is 8. The lowest BCUT2D eigenvalue weighted by atomic mass is 10.0. The molecule has 11 nitrogen and oxygen atoms in total. The maximum absolute atomic E-state index is 12.9. The third-order valence-corrected chi connectivity index (χ3v) is 6.61. The van der Waals surface area contributed by atoms with Gasteiger partial charge in [0.15, 0.2) is 11.6 Å². The van der Waals surface area contributed by atoms with Crippen molar-refractivity contribution in [2.75, 3.05) is 29.9 Å². The minimum atomic E-state index is -0.308. The fourth-order valence-electron chi connectivity index (χ4n) is 4.38. The number of hydrogen-bond donors (Lipinski definition) is 2. The minimum Gasteiger partial charge on any atom is -0.488 e. The first kappa shape index (κ1) is 21.5. The average Bonchev–Trinajstić information content (AvgIpc) is 3.35. The van der Waals surface area contributed by atoms with Crippen molar-refractivity contribution in [1.82, 2.24) is 34.7 Å². The molecule has 0 spiro atoms. The summed E-state index contributed by atoms with van der Waals surface area (Å²) in [5, 5.41) is 15.2. The highest BCUT2D eigenvalue weighted by Gasteiger charge is 2.36. The van der Waals surface area contributed by atoms with Crippen molar-refractivity contribution >= 4 is 23.2 Å². The number of nitrogens with zero attached hydrogens (tertiary/aromatic N) is 7. The van der Waals surface area contributed by atoms with E-state index in [1.54, 1.807) is 23.1 Å². The molecule has 0 radical (unpaired) electrons. The number of pyridine rings is 1. The SMILES string of the molecule is Cc1cnc(N2CCC2C(=O)Nc2cc3cc(-c4c(OCC5CCN5)cnn4C)ccn3n2)nc1. The van der Waals surface area contributed by atoms with E-state index in [0.717, 1.165) is 54.0 Å². The van der Waals surface area contributed by atoms with E-state index < -0.39 is 0 Å². The van der Waals surface area contributed by atoms with E-state index in [1.807, 2.05) is 47.9 Å². The maximum atomic E-state index is 12.9. The second-order valence-corrected chi connectivity index (χ2v) is 9.09. The molecule has 2 fully saturated rings. The van der Waals surface area contributed by atoms with Gasteiger partial charge in [0.2, 0.25) is 11.9 Å². The minimum absolute atomic E-state index is 0.115. The third-order valence-electron chi connectivity index (χ3n) is 6.61. The molecule has 2 aliphatic heterocycles. The molecule has 4 aromatic rings. The first-order valence-corrected chi connectivity index (χ1v) is 11.8. The summed E-state index contributed by atoms with van der Waals surface area (Å²) in [6.07, 6.45) is 9.03. The van der Waals surface area contributed by atoms with E-state index in [1.165, 1.54) is 0 Å². The molecule has 180 valence electrons. The number of carbonyl (C=O) groups excluding carboxylic acids is 1. The van der Waals surface area contributed by atoms with Crippen molar-refractivity contribution in [3.05, 3.63) is 48.5 Å². The number of carbonyl (C=O) groups is 1. The van der Waals surface area contributed by atoms with Gasteiger partial charge in [-0.25, -0.2) is 14.5 Å². The van der Waals surface area contributed by atoms with Crippen LogP contribution in [0.1, 0.15) is 18.4 Å². The fraction of sp³-hybridized carbons (Fsp3) is 0.375. The van der Waals surface area contributed by atoms with Crippen molar-refractivity contribution in [2.45, 2.75) is 31.8 Å². The van der Waals surface area contributed by atoms with Crippen LogP contribution in [-0.4, -0.2) is 67.0 Å². The molecule has 2 atom stereocenters. The molecule has 2 aliphatic rings. The molecular weight excluding hydrogens is 446 g/mol. The second-order valence-electron chi connectivity index (χ2n) is 9.09. The lowest BCUT2D eigenvalue weighted by Gasteiger charge is -2.39. The van der Waals surface area contributed by atoms with Crippen LogP contribution >= 0.6 is 0 Å². The second kappa shape index (κ2) is 8.66. The third kappa shape index (κ3) is 4.08. The van der Waals surface area contributed by atoms with Crippen LogP contribution in [0.3, 0.4) is 0 Å². The number of fused-ring (bicyclic) bond motifs is 1. The molecule has 1 amide bonds. The van der Waals surface area contributed by atoms with Gasteiger partial charge in [0.05, 0.1) is 11.7 Å². The Bertz CT molecular complexity index is 1370.